The zero-order chi connectivity index (χ0) is 9.30. The van der Waals surface area contributed by atoms with Crippen LogP contribution >= 0.6 is 0 Å². The molecule has 66 valence electrons. The Bertz CT molecular complexity index is 244. The molecule has 0 aliphatic heterocycles. The first-order valence-electron chi connectivity index (χ1n) is 3.42. The number of rotatable bonds is 0. The molecule has 1 aliphatic carbocycles. The van der Waals surface area contributed by atoms with Gasteiger partial charge in [0.2, 0.25) is 0 Å². The van der Waals surface area contributed by atoms with E-state index in [0.717, 1.165) is 6.08 Å². The second kappa shape index (κ2) is 3.21. The van der Waals surface area contributed by atoms with E-state index in [-0.39, 0.29) is 5.57 Å². The van der Waals surface area contributed by atoms with Crippen molar-refractivity contribution < 1.29 is 20.4 Å². The molecule has 12 heavy (non-hydrogen) atoms. The van der Waals surface area contributed by atoms with Gasteiger partial charge in [0.15, 0.2) is 0 Å². The van der Waals surface area contributed by atoms with Crippen molar-refractivity contribution in [2.75, 3.05) is 0 Å². The molecule has 0 aromatic heterocycles. The van der Waals surface area contributed by atoms with E-state index in [1.165, 1.54) is 0 Å². The average Bonchev–Trinajstić information content (AvgIpc) is 2.08. The Morgan fingerprint density at radius 2 is 1.75 bits per heavy atom. The number of aliphatic hydroxyl groups is 4. The minimum absolute atomic E-state index is 0.125. The van der Waals surface area contributed by atoms with Crippen LogP contribution in [0.2, 0.25) is 0 Å². The molecular weight excluding hydrogens is 162 g/mol. The summed E-state index contributed by atoms with van der Waals surface area (Å²) in [4.78, 5) is 0. The predicted molar refractivity (Wildman–Crippen MR) is 37.7 cm³/mol. The molecule has 0 spiro atoms. The Morgan fingerprint density at radius 1 is 1.17 bits per heavy atom. The lowest BCUT2D eigenvalue weighted by atomic mass is 9.90. The Kier molecular flexibility index (Phi) is 2.45. The van der Waals surface area contributed by atoms with Gasteiger partial charge in [-0.15, -0.1) is 0 Å². The van der Waals surface area contributed by atoms with Crippen LogP contribution in [0.5, 0.6) is 0 Å². The topological polar surface area (TPSA) is 105 Å². The standard InChI is InChI=1S/C7H9NO4/c8-2-3-1-4(9)6(11)7(12)5(3)10/h1,4-7,9-12H/t4-,5-,6-,7-/m1/s1. The SMILES string of the molecule is N#CC1=C[C@@H](O)[C@@H](O)[C@H](O)[C@@H]1O. The average molecular weight is 171 g/mol. The lowest BCUT2D eigenvalue weighted by Crippen LogP contribution is -2.48. The summed E-state index contributed by atoms with van der Waals surface area (Å²) in [6.45, 7) is 0. The van der Waals surface area contributed by atoms with Crippen molar-refractivity contribution in [2.24, 2.45) is 0 Å². The van der Waals surface area contributed by atoms with E-state index >= 15 is 0 Å². The van der Waals surface area contributed by atoms with Crippen molar-refractivity contribution in [1.29, 1.82) is 5.26 Å². The van der Waals surface area contributed by atoms with E-state index in [4.69, 9.17) is 25.7 Å². The van der Waals surface area contributed by atoms with E-state index in [1.54, 1.807) is 6.07 Å². The molecule has 0 heterocycles. The number of hydrogen-bond acceptors (Lipinski definition) is 5. The van der Waals surface area contributed by atoms with Gasteiger partial charge in [0.25, 0.3) is 0 Å². The molecule has 1 rings (SSSR count). The number of nitriles is 1. The molecule has 4 N–H and O–H groups in total. The van der Waals surface area contributed by atoms with Crippen LogP contribution in [0.4, 0.5) is 0 Å². The van der Waals surface area contributed by atoms with Crippen LogP contribution in [-0.2, 0) is 0 Å². The fourth-order valence-electron chi connectivity index (χ4n) is 1.06. The summed E-state index contributed by atoms with van der Waals surface area (Å²) in [6.07, 6.45) is -4.61. The molecule has 5 heteroatoms. The van der Waals surface area contributed by atoms with Gasteiger partial charge >= 0.3 is 0 Å². The maximum Gasteiger partial charge on any atom is 0.117 e. The molecule has 0 unspecified atom stereocenters. The molecule has 0 saturated heterocycles. The predicted octanol–water partition coefficient (Wildman–Crippen LogP) is -2.11. The Hall–Kier alpha value is -0.930. The maximum atomic E-state index is 9.11. The van der Waals surface area contributed by atoms with Crippen molar-refractivity contribution in [3.63, 3.8) is 0 Å². The van der Waals surface area contributed by atoms with Crippen LogP contribution in [0.15, 0.2) is 11.6 Å². The number of aliphatic hydroxyl groups excluding tert-OH is 4. The number of nitrogens with zero attached hydrogens (tertiary/aromatic N) is 1. The van der Waals surface area contributed by atoms with Crippen LogP contribution in [0, 0.1) is 11.3 Å². The Labute approximate surface area is 68.8 Å². The van der Waals surface area contributed by atoms with Crippen molar-refractivity contribution >= 4 is 0 Å². The number of hydrogen-bond donors (Lipinski definition) is 4. The minimum Gasteiger partial charge on any atom is -0.387 e. The Morgan fingerprint density at radius 3 is 2.25 bits per heavy atom. The van der Waals surface area contributed by atoms with E-state index in [2.05, 4.69) is 0 Å². The molecule has 0 bridgehead atoms. The first-order chi connectivity index (χ1) is 5.57. The molecule has 1 aliphatic rings. The van der Waals surface area contributed by atoms with Gasteiger partial charge in [0, 0.05) is 0 Å². The normalized spacial score (nSPS) is 41.8. The maximum absolute atomic E-state index is 9.11. The van der Waals surface area contributed by atoms with Crippen molar-refractivity contribution in [3.8, 4) is 6.07 Å². The van der Waals surface area contributed by atoms with Crippen LogP contribution < -0.4 is 0 Å². The highest BCUT2D eigenvalue weighted by Gasteiger charge is 2.36. The molecule has 0 aromatic rings. The van der Waals surface area contributed by atoms with E-state index in [0.29, 0.717) is 0 Å². The third-order valence-electron chi connectivity index (χ3n) is 1.82. The summed E-state index contributed by atoms with van der Waals surface area (Å²) in [5.74, 6) is 0. The van der Waals surface area contributed by atoms with Crippen LogP contribution in [0.3, 0.4) is 0 Å². The van der Waals surface area contributed by atoms with Gasteiger partial charge in [0.05, 0.1) is 11.6 Å². The monoisotopic (exact) mass is 171 g/mol. The van der Waals surface area contributed by atoms with Crippen molar-refractivity contribution in [2.45, 2.75) is 24.4 Å². The molecule has 0 amide bonds. The lowest BCUT2D eigenvalue weighted by Gasteiger charge is -2.29. The highest BCUT2D eigenvalue weighted by molar-refractivity contribution is 5.31. The summed E-state index contributed by atoms with van der Waals surface area (Å²) in [7, 11) is 0. The lowest BCUT2D eigenvalue weighted by molar-refractivity contribution is -0.0910. The summed E-state index contributed by atoms with van der Waals surface area (Å²) >= 11 is 0. The zero-order valence-electron chi connectivity index (χ0n) is 6.12. The second-order valence-corrected chi connectivity index (χ2v) is 2.65. The summed E-state index contributed by atoms with van der Waals surface area (Å²) in [5.41, 5.74) is -0.125. The van der Waals surface area contributed by atoms with E-state index in [9.17, 15) is 0 Å². The minimum atomic E-state index is -1.50. The smallest absolute Gasteiger partial charge is 0.117 e. The first kappa shape index (κ1) is 9.16. The quantitative estimate of drug-likeness (QED) is 0.334. The van der Waals surface area contributed by atoms with E-state index < -0.39 is 24.4 Å². The highest BCUT2D eigenvalue weighted by atomic mass is 16.4. The highest BCUT2D eigenvalue weighted by Crippen LogP contribution is 2.19. The fourth-order valence-corrected chi connectivity index (χ4v) is 1.06. The van der Waals surface area contributed by atoms with E-state index in [1.807, 2.05) is 0 Å². The third-order valence-corrected chi connectivity index (χ3v) is 1.82. The summed E-state index contributed by atoms with van der Waals surface area (Å²) in [5, 5.41) is 44.6. The van der Waals surface area contributed by atoms with Gasteiger partial charge in [-0.3, -0.25) is 0 Å². The molecule has 0 fully saturated rings. The van der Waals surface area contributed by atoms with Gasteiger partial charge in [-0.1, -0.05) is 0 Å². The largest absolute Gasteiger partial charge is 0.387 e. The van der Waals surface area contributed by atoms with Crippen LogP contribution in [0.1, 0.15) is 0 Å². The zero-order valence-corrected chi connectivity index (χ0v) is 6.12. The van der Waals surface area contributed by atoms with Gasteiger partial charge in [-0.05, 0) is 6.08 Å². The van der Waals surface area contributed by atoms with Crippen molar-refractivity contribution in [1.82, 2.24) is 0 Å². The van der Waals surface area contributed by atoms with Gasteiger partial charge in [-0.25, -0.2) is 0 Å². The van der Waals surface area contributed by atoms with Gasteiger partial charge in [0.1, 0.15) is 24.4 Å². The van der Waals surface area contributed by atoms with Gasteiger partial charge < -0.3 is 20.4 Å². The molecule has 0 saturated carbocycles. The molecule has 0 aromatic carbocycles. The van der Waals surface area contributed by atoms with Crippen molar-refractivity contribution in [3.05, 3.63) is 11.6 Å². The van der Waals surface area contributed by atoms with Gasteiger partial charge in [-0.2, -0.15) is 5.26 Å². The molecule has 4 atom stereocenters. The molecular formula is C7H9NO4. The second-order valence-electron chi connectivity index (χ2n) is 2.65. The summed E-state index contributed by atoms with van der Waals surface area (Å²) < 4.78 is 0. The van der Waals surface area contributed by atoms with Crippen LogP contribution in [0.25, 0.3) is 0 Å². The van der Waals surface area contributed by atoms with Crippen LogP contribution in [-0.4, -0.2) is 44.8 Å². The Balaban J connectivity index is 2.93. The molecule has 5 nitrogen and oxygen atoms in total. The molecule has 0 radical (unpaired) electrons. The first-order valence-corrected chi connectivity index (χ1v) is 3.42. The summed E-state index contributed by atoms with van der Waals surface area (Å²) in [6, 6.07) is 1.62. The third kappa shape index (κ3) is 1.33. The fraction of sp³-hybridized carbons (Fsp3) is 0.571.